The molecule has 0 spiro atoms. The molecule has 0 radical (unpaired) electrons. The van der Waals surface area contributed by atoms with Gasteiger partial charge in [-0.15, -0.1) is 0 Å². The maximum Gasteiger partial charge on any atom is 0.409 e. The molecule has 0 N–H and O–H groups in total. The van der Waals surface area contributed by atoms with Crippen LogP contribution in [0.15, 0.2) is 10.2 Å². The summed E-state index contributed by atoms with van der Waals surface area (Å²) in [5.41, 5.74) is 16.2. The van der Waals surface area contributed by atoms with Crippen LogP contribution in [0.1, 0.15) is 0 Å². The Morgan fingerprint density at radius 1 is 1.00 bits per heavy atom. The highest BCUT2D eigenvalue weighted by Gasteiger charge is 2.12. The molecule has 11 nitrogen and oxygen atoms in total. The maximum atomic E-state index is 11.5. The van der Waals surface area contributed by atoms with Gasteiger partial charge in [0.05, 0.1) is 33.5 Å². The molecule has 0 aromatic carbocycles. The van der Waals surface area contributed by atoms with Crippen LogP contribution in [-0.4, -0.2) is 70.7 Å². The highest BCUT2D eigenvalue weighted by atomic mass is 16.5. The van der Waals surface area contributed by atoms with Crippen molar-refractivity contribution < 1.29 is 19.0 Å². The second-order valence-corrected chi connectivity index (χ2v) is 3.59. The topological polar surface area (TPSA) is 146 Å². The van der Waals surface area contributed by atoms with Gasteiger partial charge < -0.3 is 19.1 Å². The number of ether oxygens (including phenoxy) is 3. The minimum absolute atomic E-state index is 0.247. The molecule has 0 aliphatic carbocycles. The Morgan fingerprint density at radius 3 is 1.86 bits per heavy atom. The first kappa shape index (κ1) is 18.8. The van der Waals surface area contributed by atoms with E-state index >= 15 is 0 Å². The van der Waals surface area contributed by atoms with E-state index in [9.17, 15) is 4.79 Å². The third kappa shape index (κ3) is 11.3. The van der Waals surface area contributed by atoms with Crippen LogP contribution < -0.4 is 0 Å². The Balaban J connectivity index is 3.84. The molecular weight excluding hydrogens is 282 g/mol. The summed E-state index contributed by atoms with van der Waals surface area (Å²) in [5, 5.41) is 6.64. The molecule has 0 saturated carbocycles. The van der Waals surface area contributed by atoms with Crippen LogP contribution >= 0.6 is 0 Å². The molecule has 11 heteroatoms. The van der Waals surface area contributed by atoms with E-state index in [4.69, 9.17) is 20.5 Å². The van der Waals surface area contributed by atoms with Crippen molar-refractivity contribution in [1.29, 1.82) is 0 Å². The SMILES string of the molecule is COC(=O)N(CCOCCN=[N+]=[N-])CCOCCN=[N+]=[N-]. The molecule has 1 amide bonds. The maximum absolute atomic E-state index is 11.5. The minimum atomic E-state index is -0.479. The predicted octanol–water partition coefficient (Wildman–Crippen LogP) is 1.71. The van der Waals surface area contributed by atoms with Gasteiger partial charge in [-0.05, 0) is 11.1 Å². The van der Waals surface area contributed by atoms with Gasteiger partial charge >= 0.3 is 6.09 Å². The fourth-order valence-corrected chi connectivity index (χ4v) is 1.28. The van der Waals surface area contributed by atoms with Gasteiger partial charge in [0.25, 0.3) is 0 Å². The van der Waals surface area contributed by atoms with Crippen molar-refractivity contribution in [2.45, 2.75) is 0 Å². The Bertz CT molecular complexity index is 352. The molecule has 0 bridgehead atoms. The van der Waals surface area contributed by atoms with Crippen molar-refractivity contribution in [2.24, 2.45) is 10.2 Å². The largest absolute Gasteiger partial charge is 0.453 e. The molecular formula is C10H19N7O4. The van der Waals surface area contributed by atoms with E-state index in [1.54, 1.807) is 0 Å². The standard InChI is InChI=1S/C10H19N7O4/c1-19-10(18)17(4-8-20-6-2-13-15-11)5-9-21-7-3-14-16-12/h2-9H2,1H3. The Kier molecular flexibility index (Phi) is 12.7. The molecule has 0 saturated heterocycles. The van der Waals surface area contributed by atoms with E-state index < -0.39 is 6.09 Å². The Hall–Kier alpha value is -2.19. The molecule has 0 aromatic rings. The van der Waals surface area contributed by atoms with E-state index in [0.717, 1.165) is 0 Å². The van der Waals surface area contributed by atoms with E-state index in [2.05, 4.69) is 24.8 Å². The lowest BCUT2D eigenvalue weighted by Gasteiger charge is -2.20. The summed E-state index contributed by atoms with van der Waals surface area (Å²) in [4.78, 5) is 18.1. The lowest BCUT2D eigenvalue weighted by Crippen LogP contribution is -2.36. The zero-order chi connectivity index (χ0) is 15.8. The molecule has 21 heavy (non-hydrogen) atoms. The summed E-state index contributed by atoms with van der Waals surface area (Å²) < 4.78 is 15.1. The molecule has 0 rings (SSSR count). The van der Waals surface area contributed by atoms with Crippen LogP contribution in [0.2, 0.25) is 0 Å². The van der Waals surface area contributed by atoms with Gasteiger partial charge in [0.1, 0.15) is 0 Å². The normalized spacial score (nSPS) is 9.38. The van der Waals surface area contributed by atoms with Crippen LogP contribution in [0.25, 0.3) is 20.9 Å². The lowest BCUT2D eigenvalue weighted by atomic mass is 10.5. The van der Waals surface area contributed by atoms with Crippen molar-refractivity contribution in [2.75, 3.05) is 59.7 Å². The second kappa shape index (κ2) is 14.2. The lowest BCUT2D eigenvalue weighted by molar-refractivity contribution is 0.0666. The highest BCUT2D eigenvalue weighted by molar-refractivity contribution is 5.67. The molecule has 0 unspecified atom stereocenters. The first-order valence-corrected chi connectivity index (χ1v) is 6.26. The van der Waals surface area contributed by atoms with Crippen LogP contribution in [0.3, 0.4) is 0 Å². The smallest absolute Gasteiger partial charge is 0.409 e. The predicted molar refractivity (Wildman–Crippen MR) is 73.6 cm³/mol. The monoisotopic (exact) mass is 301 g/mol. The highest BCUT2D eigenvalue weighted by Crippen LogP contribution is 1.94. The van der Waals surface area contributed by atoms with Crippen LogP contribution in [0.5, 0.6) is 0 Å². The molecule has 0 heterocycles. The Labute approximate surface area is 122 Å². The van der Waals surface area contributed by atoms with Crippen LogP contribution in [0, 0.1) is 0 Å². The molecule has 0 fully saturated rings. The molecule has 0 aliphatic heterocycles. The number of amides is 1. The van der Waals surface area contributed by atoms with Crippen molar-refractivity contribution in [3.05, 3.63) is 20.9 Å². The van der Waals surface area contributed by atoms with Crippen LogP contribution in [0.4, 0.5) is 4.79 Å². The number of hydrogen-bond donors (Lipinski definition) is 0. The summed E-state index contributed by atoms with van der Waals surface area (Å²) in [7, 11) is 1.29. The van der Waals surface area contributed by atoms with Gasteiger partial charge in [-0.1, -0.05) is 10.2 Å². The van der Waals surface area contributed by atoms with E-state index in [-0.39, 0.29) is 13.1 Å². The summed E-state index contributed by atoms with van der Waals surface area (Å²) in [6, 6.07) is 0. The average Bonchev–Trinajstić information content (AvgIpc) is 2.51. The van der Waals surface area contributed by atoms with E-state index in [1.165, 1.54) is 12.0 Å². The van der Waals surface area contributed by atoms with Gasteiger partial charge in [-0.3, -0.25) is 0 Å². The minimum Gasteiger partial charge on any atom is -0.453 e. The third-order valence-corrected chi connectivity index (χ3v) is 2.24. The number of nitrogens with zero attached hydrogens (tertiary/aromatic N) is 7. The number of methoxy groups -OCH3 is 1. The number of carbonyl (C=O) groups is 1. The molecule has 118 valence electrons. The molecule has 0 aliphatic rings. The van der Waals surface area contributed by atoms with Crippen molar-refractivity contribution in [3.63, 3.8) is 0 Å². The number of carbonyl (C=O) groups excluding carboxylic acids is 1. The summed E-state index contributed by atoms with van der Waals surface area (Å²) in [6.07, 6.45) is -0.479. The average molecular weight is 301 g/mol. The number of hydrogen-bond acceptors (Lipinski definition) is 6. The first-order valence-electron chi connectivity index (χ1n) is 6.26. The summed E-state index contributed by atoms with van der Waals surface area (Å²) in [6.45, 7) is 2.35. The number of rotatable bonds is 12. The van der Waals surface area contributed by atoms with Gasteiger partial charge in [-0.2, -0.15) is 0 Å². The zero-order valence-electron chi connectivity index (χ0n) is 11.9. The van der Waals surface area contributed by atoms with Crippen LogP contribution in [-0.2, 0) is 14.2 Å². The first-order chi connectivity index (χ1) is 10.3. The summed E-state index contributed by atoms with van der Waals surface area (Å²) in [5.74, 6) is 0. The van der Waals surface area contributed by atoms with Crippen molar-refractivity contribution in [1.82, 2.24) is 4.90 Å². The second-order valence-electron chi connectivity index (χ2n) is 3.59. The van der Waals surface area contributed by atoms with Gasteiger partial charge in [0.15, 0.2) is 0 Å². The van der Waals surface area contributed by atoms with E-state index in [0.29, 0.717) is 39.5 Å². The Morgan fingerprint density at radius 2 is 1.48 bits per heavy atom. The summed E-state index contributed by atoms with van der Waals surface area (Å²) >= 11 is 0. The molecule has 0 atom stereocenters. The van der Waals surface area contributed by atoms with Gasteiger partial charge in [-0.25, -0.2) is 4.79 Å². The number of azide groups is 2. The zero-order valence-corrected chi connectivity index (χ0v) is 11.9. The quantitative estimate of drug-likeness (QED) is 0.233. The third-order valence-electron chi connectivity index (χ3n) is 2.24. The fourth-order valence-electron chi connectivity index (χ4n) is 1.28. The van der Waals surface area contributed by atoms with E-state index in [1.807, 2.05) is 0 Å². The van der Waals surface area contributed by atoms with Gasteiger partial charge in [0.2, 0.25) is 0 Å². The molecule has 0 aromatic heterocycles. The van der Waals surface area contributed by atoms with Crippen molar-refractivity contribution >= 4 is 6.09 Å². The fraction of sp³-hybridized carbons (Fsp3) is 0.900. The van der Waals surface area contributed by atoms with Crippen molar-refractivity contribution in [3.8, 4) is 0 Å². The van der Waals surface area contributed by atoms with Gasteiger partial charge in [0, 0.05) is 36.0 Å².